The summed E-state index contributed by atoms with van der Waals surface area (Å²) in [5.74, 6) is -0.0710. The molecule has 0 aromatic heterocycles. The van der Waals surface area contributed by atoms with Crippen molar-refractivity contribution >= 4 is 5.97 Å². The third-order valence-corrected chi connectivity index (χ3v) is 3.88. The first kappa shape index (κ1) is 12.0. The van der Waals surface area contributed by atoms with Crippen LogP contribution >= 0.6 is 0 Å². The molecule has 2 atom stereocenters. The van der Waals surface area contributed by atoms with Crippen molar-refractivity contribution in [2.75, 3.05) is 7.11 Å². The minimum atomic E-state index is -0.709. The van der Waals surface area contributed by atoms with Gasteiger partial charge >= 0.3 is 5.97 Å². The van der Waals surface area contributed by atoms with Gasteiger partial charge in [-0.1, -0.05) is 26.0 Å². The van der Waals surface area contributed by atoms with Gasteiger partial charge in [0, 0.05) is 5.92 Å². The first-order valence-electron chi connectivity index (χ1n) is 5.77. The van der Waals surface area contributed by atoms with E-state index in [4.69, 9.17) is 4.74 Å². The molecule has 3 nitrogen and oxygen atoms in total. The van der Waals surface area contributed by atoms with Gasteiger partial charge < -0.3 is 9.84 Å². The van der Waals surface area contributed by atoms with Gasteiger partial charge in [-0.2, -0.15) is 0 Å². The SMILES string of the molecule is COc1cc(C2C(C(=O)O)C2(C)C)ccc1C. The molecule has 0 heterocycles. The zero-order valence-electron chi connectivity index (χ0n) is 10.7. The van der Waals surface area contributed by atoms with Gasteiger partial charge in [0.2, 0.25) is 0 Å². The maximum Gasteiger partial charge on any atom is 0.307 e. The first-order chi connectivity index (χ1) is 7.89. The summed E-state index contributed by atoms with van der Waals surface area (Å²) in [6, 6.07) is 5.96. The van der Waals surface area contributed by atoms with E-state index in [-0.39, 0.29) is 17.3 Å². The number of rotatable bonds is 3. The summed E-state index contributed by atoms with van der Waals surface area (Å²) in [6.45, 7) is 5.99. The molecule has 17 heavy (non-hydrogen) atoms. The summed E-state index contributed by atoms with van der Waals surface area (Å²) in [6.07, 6.45) is 0. The molecular weight excluding hydrogens is 216 g/mol. The van der Waals surface area contributed by atoms with Gasteiger partial charge in [0.05, 0.1) is 13.0 Å². The molecule has 92 valence electrons. The summed E-state index contributed by atoms with van der Waals surface area (Å²) >= 11 is 0. The third-order valence-electron chi connectivity index (χ3n) is 3.88. The molecule has 1 aliphatic carbocycles. The van der Waals surface area contributed by atoms with Gasteiger partial charge in [0.15, 0.2) is 0 Å². The number of benzene rings is 1. The van der Waals surface area contributed by atoms with E-state index in [1.54, 1.807) is 7.11 Å². The van der Waals surface area contributed by atoms with Crippen LogP contribution in [-0.2, 0) is 4.79 Å². The Kier molecular flexibility index (Phi) is 2.64. The lowest BCUT2D eigenvalue weighted by Gasteiger charge is -2.08. The number of ether oxygens (including phenoxy) is 1. The van der Waals surface area contributed by atoms with Crippen molar-refractivity contribution in [1.82, 2.24) is 0 Å². The van der Waals surface area contributed by atoms with Gasteiger partial charge in [-0.3, -0.25) is 4.79 Å². The van der Waals surface area contributed by atoms with E-state index in [2.05, 4.69) is 0 Å². The minimum Gasteiger partial charge on any atom is -0.496 e. The van der Waals surface area contributed by atoms with Crippen LogP contribution in [0.1, 0.15) is 30.9 Å². The molecule has 3 heteroatoms. The van der Waals surface area contributed by atoms with E-state index in [0.29, 0.717) is 0 Å². The van der Waals surface area contributed by atoms with Crippen LogP contribution in [0.3, 0.4) is 0 Å². The Labute approximate surface area is 101 Å². The van der Waals surface area contributed by atoms with Gasteiger partial charge in [-0.25, -0.2) is 0 Å². The second-order valence-electron chi connectivity index (χ2n) is 5.34. The zero-order valence-corrected chi connectivity index (χ0v) is 10.7. The van der Waals surface area contributed by atoms with Crippen LogP contribution in [0.15, 0.2) is 18.2 Å². The second kappa shape index (κ2) is 3.76. The van der Waals surface area contributed by atoms with Crippen LogP contribution < -0.4 is 4.74 Å². The van der Waals surface area contributed by atoms with Crippen molar-refractivity contribution in [3.8, 4) is 5.75 Å². The Bertz CT molecular complexity index is 463. The number of carbonyl (C=O) groups is 1. The predicted molar refractivity (Wildman–Crippen MR) is 65.4 cm³/mol. The molecule has 0 spiro atoms. The van der Waals surface area contributed by atoms with Crippen LogP contribution in [0.5, 0.6) is 5.75 Å². The summed E-state index contributed by atoms with van der Waals surface area (Å²) < 4.78 is 5.28. The Morgan fingerprint density at radius 3 is 2.53 bits per heavy atom. The molecule has 1 fully saturated rings. The van der Waals surface area contributed by atoms with Crippen LogP contribution in [-0.4, -0.2) is 18.2 Å². The Morgan fingerprint density at radius 1 is 1.41 bits per heavy atom. The lowest BCUT2D eigenvalue weighted by Crippen LogP contribution is -2.03. The fourth-order valence-corrected chi connectivity index (χ4v) is 2.75. The summed E-state index contributed by atoms with van der Waals surface area (Å²) in [4.78, 5) is 11.2. The van der Waals surface area contributed by atoms with Gasteiger partial charge in [-0.15, -0.1) is 0 Å². The van der Waals surface area contributed by atoms with E-state index in [1.807, 2.05) is 39.0 Å². The van der Waals surface area contributed by atoms with Crippen molar-refractivity contribution in [3.05, 3.63) is 29.3 Å². The van der Waals surface area contributed by atoms with Crippen LogP contribution in [0, 0.1) is 18.3 Å². The second-order valence-corrected chi connectivity index (χ2v) is 5.34. The standard InChI is InChI=1S/C14H18O3/c1-8-5-6-9(7-10(8)17-4)11-12(13(15)16)14(11,2)3/h5-7,11-12H,1-4H3,(H,15,16). The lowest BCUT2D eigenvalue weighted by molar-refractivity contribution is -0.139. The quantitative estimate of drug-likeness (QED) is 0.874. The molecule has 0 bridgehead atoms. The molecule has 1 aromatic carbocycles. The molecule has 0 radical (unpaired) electrons. The Morgan fingerprint density at radius 2 is 2.06 bits per heavy atom. The third kappa shape index (κ3) is 1.79. The number of carboxylic acids is 1. The van der Waals surface area contributed by atoms with Crippen LogP contribution in [0.4, 0.5) is 0 Å². The predicted octanol–water partition coefficient (Wildman–Crippen LogP) is 2.83. The largest absolute Gasteiger partial charge is 0.496 e. The molecule has 0 amide bonds. The molecule has 0 aliphatic heterocycles. The summed E-state index contributed by atoms with van der Waals surface area (Å²) in [5.41, 5.74) is 1.97. The minimum absolute atomic E-state index is 0.0921. The van der Waals surface area contributed by atoms with Gasteiger partial charge in [-0.05, 0) is 29.5 Å². The zero-order chi connectivity index (χ0) is 12.8. The highest BCUT2D eigenvalue weighted by Gasteiger charge is 2.62. The van der Waals surface area contributed by atoms with Crippen molar-refractivity contribution in [2.24, 2.45) is 11.3 Å². The highest BCUT2D eigenvalue weighted by molar-refractivity contribution is 5.77. The van der Waals surface area contributed by atoms with E-state index < -0.39 is 5.97 Å². The fourth-order valence-electron chi connectivity index (χ4n) is 2.75. The number of hydrogen-bond donors (Lipinski definition) is 1. The number of aryl methyl sites for hydroxylation is 1. The molecule has 1 N–H and O–H groups in total. The fraction of sp³-hybridized carbons (Fsp3) is 0.500. The van der Waals surface area contributed by atoms with Crippen molar-refractivity contribution in [3.63, 3.8) is 0 Å². The monoisotopic (exact) mass is 234 g/mol. The van der Waals surface area contributed by atoms with Gasteiger partial charge in [0.1, 0.15) is 5.75 Å². The molecule has 2 rings (SSSR count). The molecule has 1 aromatic rings. The number of methoxy groups -OCH3 is 1. The first-order valence-corrected chi connectivity index (χ1v) is 5.77. The van der Waals surface area contributed by atoms with E-state index in [0.717, 1.165) is 16.9 Å². The van der Waals surface area contributed by atoms with E-state index >= 15 is 0 Å². The average Bonchev–Trinajstić information content (AvgIpc) is 2.82. The number of hydrogen-bond acceptors (Lipinski definition) is 2. The van der Waals surface area contributed by atoms with Crippen molar-refractivity contribution < 1.29 is 14.6 Å². The topological polar surface area (TPSA) is 46.5 Å². The Balaban J connectivity index is 2.34. The molecule has 2 unspecified atom stereocenters. The molecule has 0 saturated heterocycles. The summed E-state index contributed by atoms with van der Waals surface area (Å²) in [5, 5.41) is 9.17. The number of aliphatic carboxylic acids is 1. The molecule has 1 aliphatic rings. The van der Waals surface area contributed by atoms with E-state index in [1.165, 1.54) is 0 Å². The smallest absolute Gasteiger partial charge is 0.307 e. The van der Waals surface area contributed by atoms with Crippen LogP contribution in [0.2, 0.25) is 0 Å². The molecular formula is C14H18O3. The Hall–Kier alpha value is -1.51. The van der Waals surface area contributed by atoms with Crippen molar-refractivity contribution in [2.45, 2.75) is 26.7 Å². The maximum absolute atomic E-state index is 11.2. The van der Waals surface area contributed by atoms with Crippen molar-refractivity contribution in [1.29, 1.82) is 0 Å². The number of carboxylic acid groups (broad SMARTS) is 1. The normalized spacial score (nSPS) is 25.4. The lowest BCUT2D eigenvalue weighted by atomic mass is 10.0. The summed E-state index contributed by atoms with van der Waals surface area (Å²) in [7, 11) is 1.64. The molecule has 1 saturated carbocycles. The van der Waals surface area contributed by atoms with Gasteiger partial charge in [0.25, 0.3) is 0 Å². The van der Waals surface area contributed by atoms with E-state index in [9.17, 15) is 9.90 Å². The average molecular weight is 234 g/mol. The van der Waals surface area contributed by atoms with Crippen LogP contribution in [0.25, 0.3) is 0 Å². The highest BCUT2D eigenvalue weighted by atomic mass is 16.5. The maximum atomic E-state index is 11.2. The highest BCUT2D eigenvalue weighted by Crippen LogP contribution is 2.64.